The Morgan fingerprint density at radius 2 is 0.879 bits per heavy atom. The van der Waals surface area contributed by atoms with Gasteiger partial charge in [0.2, 0.25) is 12.1 Å². The number of hydrogen-bond donors (Lipinski definition) is 4. The minimum Gasteiger partial charge on any atom is -0.323 e. The predicted molar refractivity (Wildman–Crippen MR) is 261 cm³/mol. The van der Waals surface area contributed by atoms with Crippen LogP contribution < -0.4 is 21.3 Å². The molecule has 4 N–H and O–H groups in total. The minimum atomic E-state index is -1.59. The van der Waals surface area contributed by atoms with Crippen molar-refractivity contribution in [2.24, 2.45) is 20.5 Å². The first kappa shape index (κ1) is 50.7. The second-order valence-electron chi connectivity index (χ2n) is 14.9. The summed E-state index contributed by atoms with van der Waals surface area (Å²) in [6.07, 6.45) is 0.782. The maximum absolute atomic E-state index is 13.7. The zero-order chi connectivity index (χ0) is 48.2. The Balaban J connectivity index is 1.31. The zero-order valence-corrected chi connectivity index (χ0v) is 39.7. The fraction of sp³-hybridized carbons (Fsp3) is 0.250. The van der Waals surface area contributed by atoms with Crippen molar-refractivity contribution in [2.75, 3.05) is 21.3 Å². The van der Waals surface area contributed by atoms with E-state index in [1.54, 1.807) is 62.4 Å². The summed E-state index contributed by atoms with van der Waals surface area (Å²) in [4.78, 5) is 79.3. The lowest BCUT2D eigenvalue weighted by Crippen LogP contribution is -2.33. The number of Topliss-reactive ketones (excluding diaryl/α,β-unsaturated/α-hetero) is 2. The summed E-state index contributed by atoms with van der Waals surface area (Å²) in [6.45, 7) is 9.65. The van der Waals surface area contributed by atoms with Gasteiger partial charge in [0.05, 0.1) is 20.8 Å². The van der Waals surface area contributed by atoms with Crippen LogP contribution >= 0.6 is 46.4 Å². The molecule has 0 saturated carbocycles. The molecule has 0 bridgehead atoms. The fourth-order valence-corrected chi connectivity index (χ4v) is 7.47. The van der Waals surface area contributed by atoms with Crippen LogP contribution in [0.5, 0.6) is 0 Å². The standard InChI is InChI=1S/C48H46Cl4N8O6/c1-7-31-32(8-2)40(56-48(66)44(28(6)62)60-58-42-24-30(18-20-36(42)52)46(64)54-38-16-12-10-14-34(38)26(4)50)22-21-39(31)55-47(65)43(27(5)61)59-57-41-23-29(17-19-35(41)51)45(63)53-37-15-11-9-13-33(37)25(3)49/h9-26,43-44H,7-8H2,1-6H3,(H,53,63)(H,54,64)(H,55,65)(H,56,66). The van der Waals surface area contributed by atoms with Crippen molar-refractivity contribution in [1.29, 1.82) is 0 Å². The van der Waals surface area contributed by atoms with Crippen molar-refractivity contribution in [3.8, 4) is 0 Å². The van der Waals surface area contributed by atoms with Gasteiger partial charge in [0.25, 0.3) is 23.6 Å². The van der Waals surface area contributed by atoms with Crippen LogP contribution in [-0.2, 0) is 32.0 Å². The highest BCUT2D eigenvalue weighted by Gasteiger charge is 2.27. The third kappa shape index (κ3) is 12.7. The largest absolute Gasteiger partial charge is 0.323 e. The number of carbonyl (C=O) groups is 6. The van der Waals surface area contributed by atoms with Crippen LogP contribution in [0.15, 0.2) is 118 Å². The van der Waals surface area contributed by atoms with Crippen molar-refractivity contribution >= 4 is 116 Å². The molecule has 66 heavy (non-hydrogen) atoms. The first-order valence-corrected chi connectivity index (χ1v) is 22.3. The van der Waals surface area contributed by atoms with Crippen LogP contribution in [0.1, 0.15) is 95.3 Å². The molecular formula is C48H46Cl4N8O6. The van der Waals surface area contributed by atoms with E-state index < -0.39 is 47.3 Å². The number of hydrogen-bond acceptors (Lipinski definition) is 10. The number of nitrogens with one attached hydrogen (secondary N) is 4. The number of nitrogens with zero attached hydrogens (tertiary/aromatic N) is 4. The van der Waals surface area contributed by atoms with Gasteiger partial charge >= 0.3 is 0 Å². The molecule has 0 aromatic heterocycles. The number of amides is 4. The Labute approximate surface area is 402 Å². The Morgan fingerprint density at radius 1 is 0.515 bits per heavy atom. The maximum Gasteiger partial charge on any atom is 0.258 e. The molecule has 5 rings (SSSR count). The van der Waals surface area contributed by atoms with Gasteiger partial charge in [-0.15, -0.1) is 23.2 Å². The van der Waals surface area contributed by atoms with Gasteiger partial charge in [-0.2, -0.15) is 20.5 Å². The topological polar surface area (TPSA) is 200 Å². The van der Waals surface area contributed by atoms with Gasteiger partial charge in [0.1, 0.15) is 11.4 Å². The average molecular weight is 973 g/mol. The molecule has 342 valence electrons. The molecule has 0 aliphatic heterocycles. The Morgan fingerprint density at radius 3 is 1.21 bits per heavy atom. The van der Waals surface area contributed by atoms with E-state index >= 15 is 0 Å². The lowest BCUT2D eigenvalue weighted by Gasteiger charge is -2.20. The zero-order valence-electron chi connectivity index (χ0n) is 36.7. The highest BCUT2D eigenvalue weighted by Crippen LogP contribution is 2.33. The van der Waals surface area contributed by atoms with Gasteiger partial charge in [-0.1, -0.05) is 73.4 Å². The summed E-state index contributed by atoms with van der Waals surface area (Å²) in [7, 11) is 0. The molecule has 0 fully saturated rings. The molecule has 0 aliphatic rings. The van der Waals surface area contributed by atoms with Crippen molar-refractivity contribution in [1.82, 2.24) is 0 Å². The van der Waals surface area contributed by atoms with E-state index in [1.807, 2.05) is 26.0 Å². The van der Waals surface area contributed by atoms with Gasteiger partial charge in [-0.3, -0.25) is 28.8 Å². The summed E-state index contributed by atoms with van der Waals surface area (Å²) < 4.78 is 0. The maximum atomic E-state index is 13.7. The quantitative estimate of drug-likeness (QED) is 0.0382. The molecule has 0 saturated heterocycles. The van der Waals surface area contributed by atoms with Gasteiger partial charge in [0, 0.05) is 33.9 Å². The third-order valence-electron chi connectivity index (χ3n) is 10.2. The number of azo groups is 2. The van der Waals surface area contributed by atoms with Crippen LogP contribution in [0.3, 0.4) is 0 Å². The molecule has 0 heterocycles. The lowest BCUT2D eigenvalue weighted by atomic mass is 9.98. The van der Waals surface area contributed by atoms with Crippen LogP contribution in [0, 0.1) is 0 Å². The second kappa shape index (κ2) is 23.2. The first-order chi connectivity index (χ1) is 31.4. The van der Waals surface area contributed by atoms with E-state index in [4.69, 9.17) is 46.4 Å². The normalized spacial score (nSPS) is 13.1. The fourth-order valence-electron chi connectivity index (χ4n) is 6.78. The molecular weight excluding hydrogens is 926 g/mol. The van der Waals surface area contributed by atoms with Crippen LogP contribution in [0.2, 0.25) is 10.0 Å². The molecule has 18 heteroatoms. The van der Waals surface area contributed by atoms with Crippen molar-refractivity contribution < 1.29 is 28.8 Å². The molecule has 0 radical (unpaired) electrons. The first-order valence-electron chi connectivity index (χ1n) is 20.7. The Bertz CT molecular complexity index is 2560. The molecule has 5 aromatic rings. The van der Waals surface area contributed by atoms with E-state index in [-0.39, 0.29) is 43.3 Å². The van der Waals surface area contributed by atoms with Crippen molar-refractivity contribution in [3.05, 3.63) is 140 Å². The highest BCUT2D eigenvalue weighted by molar-refractivity contribution is 6.33. The van der Waals surface area contributed by atoms with Crippen LogP contribution in [-0.4, -0.2) is 47.3 Å². The Hall–Kier alpha value is -6.32. The minimum absolute atomic E-state index is 0.0486. The summed E-state index contributed by atoms with van der Waals surface area (Å²) in [5, 5.41) is 27.0. The van der Waals surface area contributed by atoms with E-state index in [2.05, 4.69) is 41.7 Å². The molecule has 4 amide bonds. The van der Waals surface area contributed by atoms with Gasteiger partial charge in [-0.05, 0) is 123 Å². The number of carbonyl (C=O) groups excluding carboxylic acids is 6. The van der Waals surface area contributed by atoms with E-state index in [9.17, 15) is 28.8 Å². The highest BCUT2D eigenvalue weighted by atomic mass is 35.5. The van der Waals surface area contributed by atoms with Crippen LogP contribution in [0.4, 0.5) is 34.1 Å². The van der Waals surface area contributed by atoms with Crippen LogP contribution in [0.25, 0.3) is 0 Å². The number of ketones is 2. The Kier molecular flexibility index (Phi) is 17.8. The molecule has 4 unspecified atom stereocenters. The smallest absolute Gasteiger partial charge is 0.258 e. The number of rotatable bonds is 18. The average Bonchev–Trinajstić information content (AvgIpc) is 3.27. The van der Waals surface area contributed by atoms with Gasteiger partial charge in [0.15, 0.2) is 11.6 Å². The molecule has 0 spiro atoms. The molecule has 5 aromatic carbocycles. The molecule has 0 aliphatic carbocycles. The summed E-state index contributed by atoms with van der Waals surface area (Å²) >= 11 is 25.4. The lowest BCUT2D eigenvalue weighted by molar-refractivity contribution is -0.127. The van der Waals surface area contributed by atoms with Gasteiger partial charge in [-0.25, -0.2) is 0 Å². The number of benzene rings is 5. The second-order valence-corrected chi connectivity index (χ2v) is 17.0. The molecule has 4 atom stereocenters. The summed E-state index contributed by atoms with van der Waals surface area (Å²) in [6, 6.07) is 22.8. The third-order valence-corrected chi connectivity index (χ3v) is 11.3. The summed E-state index contributed by atoms with van der Waals surface area (Å²) in [5.74, 6) is -3.75. The molecule has 14 nitrogen and oxygen atoms in total. The predicted octanol–water partition coefficient (Wildman–Crippen LogP) is 12.6. The number of alkyl halides is 2. The van der Waals surface area contributed by atoms with E-state index in [0.717, 1.165) is 11.1 Å². The van der Waals surface area contributed by atoms with Gasteiger partial charge < -0.3 is 21.3 Å². The van der Waals surface area contributed by atoms with Crippen molar-refractivity contribution in [2.45, 2.75) is 77.2 Å². The summed E-state index contributed by atoms with van der Waals surface area (Å²) in [5.41, 5.74) is 4.97. The van der Waals surface area contributed by atoms with Crippen molar-refractivity contribution in [3.63, 3.8) is 0 Å². The number of para-hydroxylation sites is 2. The number of anilines is 4. The number of halogens is 4. The SMILES string of the molecule is CCc1c(NC(=O)C(N=Nc2cc(C(=O)Nc3ccccc3C(C)Cl)ccc2Cl)C(C)=O)ccc(NC(=O)C(N=Nc2cc(C(=O)Nc3ccccc3C(C)Cl)ccc2Cl)C(C)=O)c1CC. The monoisotopic (exact) mass is 970 g/mol. The van der Waals surface area contributed by atoms with E-state index in [0.29, 0.717) is 46.7 Å². The van der Waals surface area contributed by atoms with E-state index in [1.165, 1.54) is 50.2 Å².